The van der Waals surface area contributed by atoms with Crippen molar-refractivity contribution in [3.63, 3.8) is 0 Å². The van der Waals surface area contributed by atoms with Crippen LogP contribution in [0.1, 0.15) is 208 Å². The zero-order valence-electron chi connectivity index (χ0n) is 30.1. The van der Waals surface area contributed by atoms with Crippen molar-refractivity contribution < 1.29 is 0 Å². The van der Waals surface area contributed by atoms with Crippen molar-refractivity contribution in [2.24, 2.45) is 17.8 Å². The van der Waals surface area contributed by atoms with E-state index < -0.39 is 0 Å². The van der Waals surface area contributed by atoms with Gasteiger partial charge in [0.05, 0.1) is 0 Å². The van der Waals surface area contributed by atoms with Gasteiger partial charge in [-0.3, -0.25) is 0 Å². The number of nitrogens with one attached hydrogen (secondary N) is 1. The first-order valence-corrected chi connectivity index (χ1v) is 19.6. The molecule has 0 aliphatic carbocycles. The molecule has 0 aromatic rings. The number of allylic oxidation sites excluding steroid dienone is 3. The van der Waals surface area contributed by atoms with Gasteiger partial charge in [0.2, 0.25) is 0 Å². The maximum absolute atomic E-state index is 4.26. The van der Waals surface area contributed by atoms with Crippen molar-refractivity contribution in [1.29, 1.82) is 0 Å². The van der Waals surface area contributed by atoms with E-state index in [9.17, 15) is 0 Å². The van der Waals surface area contributed by atoms with Crippen LogP contribution in [0.2, 0.25) is 0 Å². The van der Waals surface area contributed by atoms with Crippen LogP contribution in [0.5, 0.6) is 0 Å². The van der Waals surface area contributed by atoms with Crippen LogP contribution in [-0.2, 0) is 0 Å². The summed E-state index contributed by atoms with van der Waals surface area (Å²) in [6.07, 6.45) is 42.1. The molecule has 3 atom stereocenters. The Morgan fingerprint density at radius 1 is 0.571 bits per heavy atom. The second kappa shape index (κ2) is 33.3. The highest BCUT2D eigenvalue weighted by atomic mass is 14.8. The molecule has 0 saturated heterocycles. The largest absolute Gasteiger partial charge is 0.317 e. The topological polar surface area (TPSA) is 12.0 Å². The molecule has 3 unspecified atom stereocenters. The molecule has 1 nitrogen and oxygen atoms in total. The lowest BCUT2D eigenvalue weighted by molar-refractivity contribution is 0.222. The maximum Gasteiger partial charge on any atom is -0.00489 e. The highest BCUT2D eigenvalue weighted by Crippen LogP contribution is 2.31. The van der Waals surface area contributed by atoms with Crippen LogP contribution in [0.15, 0.2) is 24.3 Å². The molecule has 0 saturated carbocycles. The fourth-order valence-electron chi connectivity index (χ4n) is 6.63. The van der Waals surface area contributed by atoms with E-state index in [2.05, 4.69) is 58.7 Å². The number of hydrogen-bond acceptors (Lipinski definition) is 1. The average molecular weight is 588 g/mol. The van der Waals surface area contributed by atoms with Gasteiger partial charge < -0.3 is 5.32 Å². The predicted molar refractivity (Wildman–Crippen MR) is 195 cm³/mol. The molecule has 1 N–H and O–H groups in total. The number of unbranched alkanes of at least 4 members (excludes halogenated alkanes) is 19. The predicted octanol–water partition coefficient (Wildman–Crippen LogP) is 14.2. The van der Waals surface area contributed by atoms with Gasteiger partial charge in [-0.25, -0.2) is 0 Å². The van der Waals surface area contributed by atoms with E-state index in [1.54, 1.807) is 0 Å². The van der Waals surface area contributed by atoms with Gasteiger partial charge in [-0.2, -0.15) is 0 Å². The van der Waals surface area contributed by atoms with Crippen LogP contribution < -0.4 is 5.32 Å². The normalized spacial score (nSPS) is 14.0. The van der Waals surface area contributed by atoms with E-state index in [4.69, 9.17) is 0 Å². The van der Waals surface area contributed by atoms with Gasteiger partial charge in [-0.1, -0.05) is 194 Å². The van der Waals surface area contributed by atoms with Crippen molar-refractivity contribution in [3.05, 3.63) is 24.3 Å². The first-order valence-electron chi connectivity index (χ1n) is 19.6. The Kier molecular flexibility index (Phi) is 32.9. The minimum atomic E-state index is 0.895. The Bertz CT molecular complexity index is 563. The standard InChI is InChI=1S/C41H81N/c1-7-10-12-14-16-17-20-26-32-38(4)33-27-21-18-24-30-36-42-37-31-25-19-22-28-34-39(5)40(6)41(9-3)35-29-23-15-13-11-8-2/h26,32,39-42H,4,7-25,27-31,33-37H2,1-3,5-6H3/b32-26+. The molecule has 250 valence electrons. The minimum Gasteiger partial charge on any atom is -0.317 e. The van der Waals surface area contributed by atoms with Crippen LogP contribution in [-0.4, -0.2) is 13.1 Å². The van der Waals surface area contributed by atoms with Gasteiger partial charge in [0.15, 0.2) is 0 Å². The fourth-order valence-corrected chi connectivity index (χ4v) is 6.63. The van der Waals surface area contributed by atoms with Gasteiger partial charge in [0.25, 0.3) is 0 Å². The molecular weight excluding hydrogens is 506 g/mol. The van der Waals surface area contributed by atoms with Gasteiger partial charge in [-0.05, 0) is 69.4 Å². The average Bonchev–Trinajstić information content (AvgIpc) is 2.99. The van der Waals surface area contributed by atoms with Gasteiger partial charge in [-0.15, -0.1) is 0 Å². The molecule has 0 bridgehead atoms. The summed E-state index contributed by atoms with van der Waals surface area (Å²) < 4.78 is 0. The summed E-state index contributed by atoms with van der Waals surface area (Å²) in [5.74, 6) is 2.74. The number of hydrogen-bond donors (Lipinski definition) is 1. The molecule has 0 aliphatic heterocycles. The SMILES string of the molecule is C=C(/C=C/CCCCCCCC)CCCCCCCNCCCCCCCC(C)C(C)C(CC)CCCCCCCC. The van der Waals surface area contributed by atoms with Crippen LogP contribution >= 0.6 is 0 Å². The monoisotopic (exact) mass is 588 g/mol. The van der Waals surface area contributed by atoms with Gasteiger partial charge in [0, 0.05) is 0 Å². The summed E-state index contributed by atoms with van der Waals surface area (Å²) in [7, 11) is 0. The molecule has 0 heterocycles. The summed E-state index contributed by atoms with van der Waals surface area (Å²) in [5.41, 5.74) is 1.33. The highest BCUT2D eigenvalue weighted by molar-refractivity contribution is 5.13. The van der Waals surface area contributed by atoms with Crippen molar-refractivity contribution in [1.82, 2.24) is 5.32 Å². The molecule has 0 fully saturated rings. The third-order valence-corrected chi connectivity index (χ3v) is 10.0. The third kappa shape index (κ3) is 28.2. The summed E-state index contributed by atoms with van der Waals surface area (Å²) >= 11 is 0. The molecule has 0 amide bonds. The van der Waals surface area contributed by atoms with Crippen LogP contribution in [0, 0.1) is 17.8 Å². The van der Waals surface area contributed by atoms with E-state index in [0.29, 0.717) is 0 Å². The summed E-state index contributed by atoms with van der Waals surface area (Å²) in [4.78, 5) is 0. The maximum atomic E-state index is 4.26. The molecule has 42 heavy (non-hydrogen) atoms. The molecule has 0 aromatic carbocycles. The Labute approximate surface area is 268 Å². The van der Waals surface area contributed by atoms with E-state index in [-0.39, 0.29) is 0 Å². The Hall–Kier alpha value is -0.560. The van der Waals surface area contributed by atoms with Crippen molar-refractivity contribution in [2.75, 3.05) is 13.1 Å². The van der Waals surface area contributed by atoms with Crippen LogP contribution in [0.3, 0.4) is 0 Å². The number of rotatable bonds is 34. The lowest BCUT2D eigenvalue weighted by Gasteiger charge is -2.28. The highest BCUT2D eigenvalue weighted by Gasteiger charge is 2.20. The zero-order chi connectivity index (χ0) is 30.9. The molecular formula is C41H81N. The smallest absolute Gasteiger partial charge is 0.00489 e. The second-order valence-electron chi connectivity index (χ2n) is 14.0. The van der Waals surface area contributed by atoms with Crippen LogP contribution in [0.25, 0.3) is 0 Å². The Morgan fingerprint density at radius 3 is 1.62 bits per heavy atom. The van der Waals surface area contributed by atoms with Gasteiger partial charge >= 0.3 is 0 Å². The van der Waals surface area contributed by atoms with Crippen LogP contribution in [0.4, 0.5) is 0 Å². The molecule has 0 spiro atoms. The zero-order valence-corrected chi connectivity index (χ0v) is 30.1. The summed E-state index contributed by atoms with van der Waals surface area (Å²) in [5, 5.41) is 3.69. The molecule has 1 heteroatoms. The molecule has 0 aliphatic rings. The summed E-state index contributed by atoms with van der Waals surface area (Å²) in [6, 6.07) is 0. The third-order valence-electron chi connectivity index (χ3n) is 10.0. The van der Waals surface area contributed by atoms with E-state index in [1.165, 1.54) is 192 Å². The Morgan fingerprint density at radius 2 is 1.05 bits per heavy atom. The Balaban J connectivity index is 3.48. The first-order chi connectivity index (χ1) is 20.6. The summed E-state index contributed by atoms with van der Waals surface area (Å²) in [6.45, 7) is 18.8. The first kappa shape index (κ1) is 41.4. The molecule has 0 radical (unpaired) electrons. The molecule has 0 aromatic heterocycles. The minimum absolute atomic E-state index is 0.895. The van der Waals surface area contributed by atoms with Crippen molar-refractivity contribution in [3.8, 4) is 0 Å². The fraction of sp³-hybridized carbons (Fsp3) is 0.902. The lowest BCUT2D eigenvalue weighted by atomic mass is 9.77. The van der Waals surface area contributed by atoms with E-state index >= 15 is 0 Å². The molecule has 0 rings (SSSR count). The van der Waals surface area contributed by atoms with E-state index in [1.807, 2.05) is 0 Å². The second-order valence-corrected chi connectivity index (χ2v) is 14.0. The lowest BCUT2D eigenvalue weighted by Crippen LogP contribution is -2.19. The van der Waals surface area contributed by atoms with Crippen molar-refractivity contribution in [2.45, 2.75) is 208 Å². The quantitative estimate of drug-likeness (QED) is 0.0583. The van der Waals surface area contributed by atoms with E-state index in [0.717, 1.165) is 17.8 Å². The van der Waals surface area contributed by atoms with Crippen molar-refractivity contribution >= 4 is 0 Å². The van der Waals surface area contributed by atoms with Gasteiger partial charge in [0.1, 0.15) is 0 Å².